The van der Waals surface area contributed by atoms with Gasteiger partial charge in [0.15, 0.2) is 5.69 Å². The van der Waals surface area contributed by atoms with E-state index in [1.807, 2.05) is 19.9 Å². The minimum atomic E-state index is -0.759. The van der Waals surface area contributed by atoms with Crippen molar-refractivity contribution >= 4 is 5.91 Å². The van der Waals surface area contributed by atoms with Gasteiger partial charge in [-0.1, -0.05) is 0 Å². The number of aromatic nitrogens is 2. The molecule has 0 atom stereocenters. The molecule has 1 aromatic rings. The summed E-state index contributed by atoms with van der Waals surface area (Å²) in [5.74, 6) is -0.0978. The van der Waals surface area contributed by atoms with Crippen LogP contribution in [0.15, 0.2) is 6.20 Å². The molecule has 0 unspecified atom stereocenters. The van der Waals surface area contributed by atoms with E-state index in [1.165, 1.54) is 6.20 Å². The van der Waals surface area contributed by atoms with Crippen molar-refractivity contribution in [2.45, 2.75) is 38.6 Å². The van der Waals surface area contributed by atoms with Gasteiger partial charge in [0.05, 0.1) is 28.5 Å². The molecule has 5 heteroatoms. The van der Waals surface area contributed by atoms with Gasteiger partial charge in [0.2, 0.25) is 5.91 Å². The average molecular weight is 230 g/mol. The molecular formula is C12H14N4O. The first-order valence-corrected chi connectivity index (χ1v) is 5.40. The van der Waals surface area contributed by atoms with Crippen molar-refractivity contribution in [1.29, 1.82) is 5.26 Å². The number of amides is 1. The fraction of sp³-hybridized carbons (Fsp3) is 0.500. The van der Waals surface area contributed by atoms with Gasteiger partial charge in [0.25, 0.3) is 0 Å². The molecule has 0 fully saturated rings. The van der Waals surface area contributed by atoms with Gasteiger partial charge in [0.1, 0.15) is 6.07 Å². The number of hydrogen-bond donors (Lipinski definition) is 1. The number of nitrogens with zero attached hydrogens (tertiary/aromatic N) is 3. The highest BCUT2D eigenvalue weighted by atomic mass is 16.2. The molecule has 1 N–H and O–H groups in total. The fourth-order valence-electron chi connectivity index (χ4n) is 1.94. The van der Waals surface area contributed by atoms with E-state index in [2.05, 4.69) is 15.3 Å². The number of carbonyl (C=O) groups excluding carboxylic acids is 1. The van der Waals surface area contributed by atoms with Crippen molar-refractivity contribution in [3.05, 3.63) is 23.3 Å². The Morgan fingerprint density at radius 1 is 1.29 bits per heavy atom. The van der Waals surface area contributed by atoms with Crippen LogP contribution in [-0.4, -0.2) is 15.9 Å². The van der Waals surface area contributed by atoms with E-state index in [9.17, 15) is 4.79 Å². The van der Waals surface area contributed by atoms with Gasteiger partial charge in [-0.3, -0.25) is 9.78 Å². The Kier molecular flexibility index (Phi) is 2.21. The summed E-state index contributed by atoms with van der Waals surface area (Å²) in [4.78, 5) is 20.6. The van der Waals surface area contributed by atoms with E-state index in [1.54, 1.807) is 13.8 Å². The van der Waals surface area contributed by atoms with Gasteiger partial charge in [-0.25, -0.2) is 4.98 Å². The van der Waals surface area contributed by atoms with Crippen LogP contribution in [0.5, 0.6) is 0 Å². The molecule has 0 spiro atoms. The van der Waals surface area contributed by atoms with Crippen molar-refractivity contribution in [3.8, 4) is 6.07 Å². The first kappa shape index (κ1) is 11.5. The third-order valence-corrected chi connectivity index (χ3v) is 3.06. The summed E-state index contributed by atoms with van der Waals surface area (Å²) < 4.78 is 0. The predicted molar refractivity (Wildman–Crippen MR) is 60.9 cm³/mol. The SMILES string of the molecule is CC1(C)NC(=O)C(C)(C)c2nc(C#N)cnc21. The first-order chi connectivity index (χ1) is 7.79. The van der Waals surface area contributed by atoms with Crippen molar-refractivity contribution in [2.75, 3.05) is 0 Å². The second kappa shape index (κ2) is 3.27. The topological polar surface area (TPSA) is 78.7 Å². The molecule has 0 aliphatic carbocycles. The summed E-state index contributed by atoms with van der Waals surface area (Å²) in [5, 5.41) is 11.8. The summed E-state index contributed by atoms with van der Waals surface area (Å²) in [7, 11) is 0. The van der Waals surface area contributed by atoms with E-state index in [-0.39, 0.29) is 11.6 Å². The lowest BCUT2D eigenvalue weighted by Crippen LogP contribution is -2.55. The Balaban J connectivity index is 2.74. The van der Waals surface area contributed by atoms with Crippen LogP contribution in [-0.2, 0) is 15.7 Å². The summed E-state index contributed by atoms with van der Waals surface area (Å²) in [6.45, 7) is 7.32. The molecule has 0 saturated heterocycles. The van der Waals surface area contributed by atoms with Gasteiger partial charge in [-0.05, 0) is 27.7 Å². The van der Waals surface area contributed by atoms with Crippen LogP contribution in [0.25, 0.3) is 0 Å². The maximum absolute atomic E-state index is 12.0. The number of carbonyl (C=O) groups is 1. The monoisotopic (exact) mass is 230 g/mol. The van der Waals surface area contributed by atoms with E-state index in [0.29, 0.717) is 5.69 Å². The van der Waals surface area contributed by atoms with Gasteiger partial charge < -0.3 is 5.32 Å². The predicted octanol–water partition coefficient (Wildman–Crippen LogP) is 0.991. The van der Waals surface area contributed by atoms with Crippen LogP contribution < -0.4 is 5.32 Å². The van der Waals surface area contributed by atoms with Crippen LogP contribution >= 0.6 is 0 Å². The molecule has 0 bridgehead atoms. The largest absolute Gasteiger partial charge is 0.345 e. The van der Waals surface area contributed by atoms with Crippen LogP contribution in [0.4, 0.5) is 0 Å². The molecule has 2 rings (SSSR count). The zero-order valence-corrected chi connectivity index (χ0v) is 10.3. The third-order valence-electron chi connectivity index (χ3n) is 3.06. The van der Waals surface area contributed by atoms with E-state index < -0.39 is 11.0 Å². The highest BCUT2D eigenvalue weighted by Gasteiger charge is 2.45. The molecule has 1 aliphatic heterocycles. The second-order valence-corrected chi connectivity index (χ2v) is 5.27. The van der Waals surface area contributed by atoms with Crippen LogP contribution in [0, 0.1) is 11.3 Å². The Hall–Kier alpha value is -1.96. The number of rotatable bonds is 0. The lowest BCUT2D eigenvalue weighted by molar-refractivity contribution is -0.128. The molecule has 0 radical (unpaired) electrons. The Morgan fingerprint density at radius 2 is 1.94 bits per heavy atom. The van der Waals surface area contributed by atoms with Crippen molar-refractivity contribution < 1.29 is 4.79 Å². The normalized spacial score (nSPS) is 20.1. The Labute approximate surface area is 99.9 Å². The maximum Gasteiger partial charge on any atom is 0.232 e. The average Bonchev–Trinajstić information content (AvgIpc) is 2.26. The minimum absolute atomic E-state index is 0.0978. The number of fused-ring (bicyclic) bond motifs is 1. The standard InChI is InChI=1S/C12H14N4O/c1-11(2)8-9(12(3,4)16-10(11)17)14-6-7(5-13)15-8/h6H,1-4H3,(H,16,17). The zero-order valence-electron chi connectivity index (χ0n) is 10.3. The lowest BCUT2D eigenvalue weighted by Gasteiger charge is -2.39. The molecular weight excluding hydrogens is 216 g/mol. The minimum Gasteiger partial charge on any atom is -0.345 e. The fourth-order valence-corrected chi connectivity index (χ4v) is 1.94. The van der Waals surface area contributed by atoms with Gasteiger partial charge >= 0.3 is 0 Å². The molecule has 0 aromatic carbocycles. The lowest BCUT2D eigenvalue weighted by atomic mass is 9.77. The summed E-state index contributed by atoms with van der Waals surface area (Å²) in [6, 6.07) is 1.95. The molecule has 17 heavy (non-hydrogen) atoms. The van der Waals surface area contributed by atoms with Crippen molar-refractivity contribution in [2.24, 2.45) is 0 Å². The van der Waals surface area contributed by atoms with E-state index in [0.717, 1.165) is 5.69 Å². The van der Waals surface area contributed by atoms with Crippen molar-refractivity contribution in [1.82, 2.24) is 15.3 Å². The molecule has 2 heterocycles. The van der Waals surface area contributed by atoms with Gasteiger partial charge in [-0.2, -0.15) is 5.26 Å². The third kappa shape index (κ3) is 1.57. The highest BCUT2D eigenvalue weighted by Crippen LogP contribution is 2.35. The molecule has 1 aromatic heterocycles. The molecule has 5 nitrogen and oxygen atoms in total. The van der Waals surface area contributed by atoms with Gasteiger partial charge in [0, 0.05) is 0 Å². The molecule has 1 aliphatic rings. The molecule has 1 amide bonds. The Morgan fingerprint density at radius 3 is 2.53 bits per heavy atom. The van der Waals surface area contributed by atoms with Crippen LogP contribution in [0.3, 0.4) is 0 Å². The smallest absolute Gasteiger partial charge is 0.232 e. The number of nitriles is 1. The zero-order chi connectivity index (χ0) is 12.8. The summed E-state index contributed by atoms with van der Waals surface area (Å²) >= 11 is 0. The number of nitrogens with one attached hydrogen (secondary N) is 1. The van der Waals surface area contributed by atoms with Crippen LogP contribution in [0.2, 0.25) is 0 Å². The van der Waals surface area contributed by atoms with E-state index >= 15 is 0 Å². The highest BCUT2D eigenvalue weighted by molar-refractivity contribution is 5.89. The van der Waals surface area contributed by atoms with Gasteiger partial charge in [-0.15, -0.1) is 0 Å². The summed E-state index contributed by atoms with van der Waals surface area (Å²) in [6.07, 6.45) is 1.44. The second-order valence-electron chi connectivity index (χ2n) is 5.27. The Bertz CT molecular complexity index is 540. The summed E-state index contributed by atoms with van der Waals surface area (Å²) in [5.41, 5.74) is 0.238. The molecule has 0 saturated carbocycles. The maximum atomic E-state index is 12.0. The first-order valence-electron chi connectivity index (χ1n) is 5.40. The number of hydrogen-bond acceptors (Lipinski definition) is 4. The quantitative estimate of drug-likeness (QED) is 0.720. The van der Waals surface area contributed by atoms with Crippen LogP contribution in [0.1, 0.15) is 44.8 Å². The van der Waals surface area contributed by atoms with Crippen molar-refractivity contribution in [3.63, 3.8) is 0 Å². The van der Waals surface area contributed by atoms with E-state index in [4.69, 9.17) is 5.26 Å². The molecule has 88 valence electrons.